The van der Waals surface area contributed by atoms with Crippen molar-refractivity contribution in [2.45, 2.75) is 26.8 Å². The number of methoxy groups -OCH3 is 2. The highest BCUT2D eigenvalue weighted by Crippen LogP contribution is 2.46. The highest BCUT2D eigenvalue weighted by Gasteiger charge is 2.47. The van der Waals surface area contributed by atoms with Crippen LogP contribution in [0.3, 0.4) is 0 Å². The summed E-state index contributed by atoms with van der Waals surface area (Å²) in [5.74, 6) is -1.73. The fourth-order valence-electron chi connectivity index (χ4n) is 4.52. The van der Waals surface area contributed by atoms with Crippen molar-refractivity contribution in [3.8, 4) is 11.5 Å². The Bertz CT molecular complexity index is 1210. The van der Waals surface area contributed by atoms with Gasteiger partial charge in [0.05, 0.1) is 32.4 Å². The number of rotatable bonds is 9. The quantitative estimate of drug-likeness (QED) is 0.234. The molecule has 1 atom stereocenters. The van der Waals surface area contributed by atoms with Gasteiger partial charge in [0.15, 0.2) is 11.5 Å². The van der Waals surface area contributed by atoms with Gasteiger partial charge in [-0.05, 0) is 46.5 Å². The molecule has 10 nitrogen and oxygen atoms in total. The van der Waals surface area contributed by atoms with Gasteiger partial charge in [0.2, 0.25) is 0 Å². The number of ketones is 1. The number of para-hydroxylation sites is 1. The second-order valence-electron chi connectivity index (χ2n) is 8.72. The van der Waals surface area contributed by atoms with Gasteiger partial charge >= 0.3 is 5.97 Å². The number of H-pyrrole nitrogens is 1. The van der Waals surface area contributed by atoms with Crippen molar-refractivity contribution >= 4 is 23.4 Å². The number of Topliss-reactive ketones (excluding diaryl/α,β-unsaturated/α-hetero) is 1. The molecule has 0 saturated carbocycles. The third kappa shape index (κ3) is 4.68. The first-order valence-electron chi connectivity index (χ1n) is 11.6. The van der Waals surface area contributed by atoms with Gasteiger partial charge in [-0.15, -0.1) is 0 Å². The maximum absolute atomic E-state index is 13.4. The van der Waals surface area contributed by atoms with E-state index in [-0.39, 0.29) is 35.7 Å². The first kappa shape index (κ1) is 26.8. The van der Waals surface area contributed by atoms with E-state index in [1.807, 2.05) is 19.0 Å². The van der Waals surface area contributed by atoms with E-state index in [0.717, 1.165) is 0 Å². The second kappa shape index (κ2) is 10.9. The van der Waals surface area contributed by atoms with E-state index in [0.29, 0.717) is 34.9 Å². The van der Waals surface area contributed by atoms with Crippen LogP contribution in [0.5, 0.6) is 11.5 Å². The predicted octanol–water partition coefficient (Wildman–Crippen LogP) is 2.81. The summed E-state index contributed by atoms with van der Waals surface area (Å²) in [5.41, 5.74) is 1.73. The van der Waals surface area contributed by atoms with E-state index in [9.17, 15) is 19.5 Å². The van der Waals surface area contributed by atoms with Crippen molar-refractivity contribution in [3.63, 3.8) is 0 Å². The maximum atomic E-state index is 13.4. The van der Waals surface area contributed by atoms with Gasteiger partial charge < -0.3 is 34.1 Å². The Kier molecular flexibility index (Phi) is 8.09. The van der Waals surface area contributed by atoms with Gasteiger partial charge in [-0.3, -0.25) is 9.59 Å². The molecule has 36 heavy (non-hydrogen) atoms. The number of carbonyl (C=O) groups excluding carboxylic acids is 3. The van der Waals surface area contributed by atoms with Crippen molar-refractivity contribution in [1.82, 2.24) is 14.8 Å². The lowest BCUT2D eigenvalue weighted by atomic mass is 9.93. The molecule has 1 aromatic heterocycles. The molecule has 2 aromatic rings. The summed E-state index contributed by atoms with van der Waals surface area (Å²) in [4.78, 5) is 45.3. The number of hydrogen-bond acceptors (Lipinski definition) is 8. The average Bonchev–Trinajstić information content (AvgIpc) is 3.28. The van der Waals surface area contributed by atoms with Gasteiger partial charge in [0, 0.05) is 29.9 Å². The van der Waals surface area contributed by atoms with Gasteiger partial charge in [0.1, 0.15) is 11.5 Å². The minimum absolute atomic E-state index is 0.0917. The number of likely N-dealkylation sites (tertiary alicyclic amines) is 1. The highest BCUT2D eigenvalue weighted by molar-refractivity contribution is 6.46. The molecule has 0 radical (unpaired) electrons. The van der Waals surface area contributed by atoms with E-state index in [4.69, 9.17) is 14.2 Å². The first-order valence-corrected chi connectivity index (χ1v) is 11.6. The SMILES string of the molecule is CCOC(=O)c1[nH]c(C)c(C(O)=C2C(=O)C(=O)N(CCN(C)C)[C@H]2c2cccc(OC)c2OC)c1C. The Morgan fingerprint density at radius 2 is 1.86 bits per heavy atom. The van der Waals surface area contributed by atoms with Crippen LogP contribution in [0.15, 0.2) is 23.8 Å². The molecule has 1 aliphatic rings. The van der Waals surface area contributed by atoms with E-state index in [1.165, 1.54) is 19.1 Å². The lowest BCUT2D eigenvalue weighted by Crippen LogP contribution is -2.35. The number of nitrogens with zero attached hydrogens (tertiary/aromatic N) is 2. The topological polar surface area (TPSA) is 121 Å². The molecule has 1 saturated heterocycles. The van der Waals surface area contributed by atoms with Crippen LogP contribution in [-0.4, -0.2) is 85.6 Å². The van der Waals surface area contributed by atoms with Crippen LogP contribution in [0.1, 0.15) is 45.8 Å². The molecule has 0 bridgehead atoms. The van der Waals surface area contributed by atoms with Crippen LogP contribution < -0.4 is 9.47 Å². The molecule has 0 unspecified atom stereocenters. The number of ether oxygens (including phenoxy) is 3. The molecule has 10 heteroatoms. The zero-order valence-corrected chi connectivity index (χ0v) is 21.7. The first-order chi connectivity index (χ1) is 17.1. The molecule has 0 spiro atoms. The van der Waals surface area contributed by atoms with Crippen LogP contribution in [0, 0.1) is 13.8 Å². The highest BCUT2D eigenvalue weighted by atomic mass is 16.5. The summed E-state index contributed by atoms with van der Waals surface area (Å²) in [6.45, 7) is 5.93. The zero-order chi connectivity index (χ0) is 26.7. The number of likely N-dealkylation sites (N-methyl/N-ethyl adjacent to an activating group) is 1. The summed E-state index contributed by atoms with van der Waals surface area (Å²) in [7, 11) is 6.69. The van der Waals surface area contributed by atoms with E-state index >= 15 is 0 Å². The van der Waals surface area contributed by atoms with Crippen molar-refractivity contribution < 1.29 is 33.7 Å². The number of amides is 1. The minimum atomic E-state index is -0.935. The molecule has 2 heterocycles. The zero-order valence-electron chi connectivity index (χ0n) is 21.7. The third-order valence-electron chi connectivity index (χ3n) is 6.21. The Balaban J connectivity index is 2.29. The summed E-state index contributed by atoms with van der Waals surface area (Å²) in [6, 6.07) is 4.23. The fourth-order valence-corrected chi connectivity index (χ4v) is 4.52. The number of hydrogen-bond donors (Lipinski definition) is 2. The standard InChI is InChI=1S/C26H33N3O7/c1-8-36-26(33)20-14(2)18(15(3)27-20)22(30)19-21(16-10-9-11-17(34-6)24(16)35-7)29(13-12-28(4)5)25(32)23(19)31/h9-11,21,27,30H,8,12-13H2,1-7H3/t21-/m0/s1. The van der Waals surface area contributed by atoms with Crippen molar-refractivity contribution in [2.24, 2.45) is 0 Å². The van der Waals surface area contributed by atoms with Crippen molar-refractivity contribution in [2.75, 3.05) is 48.0 Å². The number of esters is 1. The number of aromatic nitrogens is 1. The number of nitrogens with one attached hydrogen (secondary N) is 1. The Hall–Kier alpha value is -3.79. The summed E-state index contributed by atoms with van der Waals surface area (Å²) in [5, 5.41) is 11.5. The van der Waals surface area contributed by atoms with Crippen LogP contribution >= 0.6 is 0 Å². The molecule has 1 aromatic carbocycles. The normalized spacial score (nSPS) is 17.1. The summed E-state index contributed by atoms with van der Waals surface area (Å²) in [6.07, 6.45) is 0. The van der Waals surface area contributed by atoms with Crippen molar-refractivity contribution in [1.29, 1.82) is 0 Å². The van der Waals surface area contributed by atoms with Gasteiger partial charge in [-0.2, -0.15) is 0 Å². The predicted molar refractivity (Wildman–Crippen MR) is 133 cm³/mol. The molecular weight excluding hydrogens is 466 g/mol. The molecule has 1 aliphatic heterocycles. The largest absolute Gasteiger partial charge is 0.507 e. The van der Waals surface area contributed by atoms with Crippen LogP contribution in [0.4, 0.5) is 0 Å². The van der Waals surface area contributed by atoms with E-state index in [1.54, 1.807) is 39.0 Å². The van der Waals surface area contributed by atoms with Gasteiger partial charge in [0.25, 0.3) is 11.7 Å². The van der Waals surface area contributed by atoms with Crippen molar-refractivity contribution in [3.05, 3.63) is 51.9 Å². The molecule has 194 valence electrons. The molecule has 0 aliphatic carbocycles. The number of aliphatic hydroxyl groups excluding tert-OH is 1. The van der Waals surface area contributed by atoms with Crippen LogP contribution in [-0.2, 0) is 14.3 Å². The smallest absolute Gasteiger partial charge is 0.355 e. The molecule has 1 amide bonds. The number of aliphatic hydroxyl groups is 1. The fraction of sp³-hybridized carbons (Fsp3) is 0.423. The molecule has 3 rings (SSSR count). The van der Waals surface area contributed by atoms with Crippen LogP contribution in [0.2, 0.25) is 0 Å². The van der Waals surface area contributed by atoms with Crippen LogP contribution in [0.25, 0.3) is 5.76 Å². The Labute approximate surface area is 210 Å². The lowest BCUT2D eigenvalue weighted by molar-refractivity contribution is -0.140. The number of aryl methyl sites for hydroxylation is 1. The number of benzene rings is 1. The lowest BCUT2D eigenvalue weighted by Gasteiger charge is -2.28. The monoisotopic (exact) mass is 499 g/mol. The van der Waals surface area contributed by atoms with Gasteiger partial charge in [-0.1, -0.05) is 12.1 Å². The molecular formula is C26H33N3O7. The number of aromatic amines is 1. The van der Waals surface area contributed by atoms with E-state index in [2.05, 4.69) is 4.98 Å². The van der Waals surface area contributed by atoms with Gasteiger partial charge in [-0.25, -0.2) is 4.79 Å². The third-order valence-corrected chi connectivity index (χ3v) is 6.21. The Morgan fingerprint density at radius 1 is 1.17 bits per heavy atom. The average molecular weight is 500 g/mol. The summed E-state index contributed by atoms with van der Waals surface area (Å²) >= 11 is 0. The summed E-state index contributed by atoms with van der Waals surface area (Å²) < 4.78 is 16.2. The maximum Gasteiger partial charge on any atom is 0.355 e. The Morgan fingerprint density at radius 3 is 2.44 bits per heavy atom. The molecule has 2 N–H and O–H groups in total. The second-order valence-corrected chi connectivity index (χ2v) is 8.72. The minimum Gasteiger partial charge on any atom is -0.507 e. The number of carbonyl (C=O) groups is 3. The molecule has 1 fully saturated rings. The van der Waals surface area contributed by atoms with E-state index < -0.39 is 23.7 Å².